The van der Waals surface area contributed by atoms with Crippen LogP contribution in [0.3, 0.4) is 0 Å². The van der Waals surface area contributed by atoms with E-state index in [0.717, 1.165) is 25.6 Å². The molecule has 2 rings (SSSR count). The van der Waals surface area contributed by atoms with Gasteiger partial charge in [-0.2, -0.15) is 0 Å². The largest absolute Gasteiger partial charge is 0.330 e. The summed E-state index contributed by atoms with van der Waals surface area (Å²) in [7, 11) is 0. The molecule has 0 aliphatic heterocycles. The quantitative estimate of drug-likeness (QED) is 0.867. The third-order valence-corrected chi connectivity index (χ3v) is 4.91. The highest BCUT2D eigenvalue weighted by molar-refractivity contribution is 5.04. The van der Waals surface area contributed by atoms with Crippen LogP contribution < -0.4 is 5.73 Å². The monoisotopic (exact) mass is 275 g/mol. The van der Waals surface area contributed by atoms with Crippen molar-refractivity contribution in [2.45, 2.75) is 52.1 Å². The van der Waals surface area contributed by atoms with Crippen molar-refractivity contribution in [3.05, 3.63) is 30.1 Å². The fourth-order valence-corrected chi connectivity index (χ4v) is 3.55. The highest BCUT2D eigenvalue weighted by Gasteiger charge is 2.32. The van der Waals surface area contributed by atoms with Gasteiger partial charge in [-0.15, -0.1) is 0 Å². The summed E-state index contributed by atoms with van der Waals surface area (Å²) in [5, 5.41) is 0. The van der Waals surface area contributed by atoms with Crippen LogP contribution in [0.2, 0.25) is 0 Å². The Morgan fingerprint density at radius 2 is 2.15 bits per heavy atom. The van der Waals surface area contributed by atoms with Crippen LogP contribution in [0.15, 0.2) is 24.4 Å². The summed E-state index contributed by atoms with van der Waals surface area (Å²) in [6, 6.07) is 6.81. The molecule has 1 aromatic heterocycles. The first-order valence-corrected chi connectivity index (χ1v) is 8.12. The lowest BCUT2D eigenvalue weighted by Crippen LogP contribution is -2.46. The Hall–Kier alpha value is -0.930. The van der Waals surface area contributed by atoms with Gasteiger partial charge in [-0.3, -0.25) is 9.88 Å². The van der Waals surface area contributed by atoms with Crippen LogP contribution >= 0.6 is 0 Å². The maximum absolute atomic E-state index is 6.02. The summed E-state index contributed by atoms with van der Waals surface area (Å²) < 4.78 is 0. The number of nitrogens with zero attached hydrogens (tertiary/aromatic N) is 2. The van der Waals surface area contributed by atoms with Crippen LogP contribution in [0.5, 0.6) is 0 Å². The van der Waals surface area contributed by atoms with Crippen molar-refractivity contribution in [1.29, 1.82) is 0 Å². The van der Waals surface area contributed by atoms with Gasteiger partial charge in [0.05, 0.1) is 5.69 Å². The molecule has 3 atom stereocenters. The van der Waals surface area contributed by atoms with Crippen molar-refractivity contribution in [2.24, 2.45) is 17.6 Å². The number of nitrogens with two attached hydrogens (primary N) is 1. The molecule has 0 aromatic carbocycles. The van der Waals surface area contributed by atoms with E-state index in [-0.39, 0.29) is 0 Å². The zero-order valence-electron chi connectivity index (χ0n) is 13.0. The van der Waals surface area contributed by atoms with Crippen LogP contribution in [-0.4, -0.2) is 29.0 Å². The van der Waals surface area contributed by atoms with Crippen molar-refractivity contribution >= 4 is 0 Å². The molecular formula is C17H29N3. The smallest absolute Gasteiger partial charge is 0.0544 e. The summed E-state index contributed by atoms with van der Waals surface area (Å²) in [5.74, 6) is 1.53. The predicted octanol–water partition coefficient (Wildman–Crippen LogP) is 3.06. The molecule has 20 heavy (non-hydrogen) atoms. The summed E-state index contributed by atoms with van der Waals surface area (Å²) in [5.41, 5.74) is 7.19. The maximum atomic E-state index is 6.02. The lowest BCUT2D eigenvalue weighted by Gasteiger charge is -2.42. The average Bonchev–Trinajstić information content (AvgIpc) is 2.53. The minimum Gasteiger partial charge on any atom is -0.330 e. The molecule has 3 unspecified atom stereocenters. The SMILES string of the molecule is CCC1CCC(CN)C(N(CC)Cc2ccccn2)C1. The Morgan fingerprint density at radius 3 is 2.75 bits per heavy atom. The van der Waals surface area contributed by atoms with E-state index < -0.39 is 0 Å². The lowest BCUT2D eigenvalue weighted by atomic mass is 9.76. The molecule has 0 spiro atoms. The standard InChI is InChI=1S/C17H29N3/c1-3-14-8-9-15(12-18)17(11-14)20(4-2)13-16-7-5-6-10-19-16/h5-7,10,14-15,17H,3-4,8-9,11-13,18H2,1-2H3. The maximum Gasteiger partial charge on any atom is 0.0544 e. The molecule has 0 radical (unpaired) electrons. The predicted molar refractivity (Wildman–Crippen MR) is 84.3 cm³/mol. The van der Waals surface area contributed by atoms with E-state index in [1.165, 1.54) is 31.4 Å². The first-order chi connectivity index (χ1) is 9.78. The Bertz CT molecular complexity index is 379. The number of pyridine rings is 1. The molecule has 3 nitrogen and oxygen atoms in total. The molecule has 3 heteroatoms. The van der Waals surface area contributed by atoms with Crippen molar-refractivity contribution in [3.8, 4) is 0 Å². The normalized spacial score (nSPS) is 26.9. The van der Waals surface area contributed by atoms with Gasteiger partial charge in [0.2, 0.25) is 0 Å². The first kappa shape index (κ1) is 15.5. The van der Waals surface area contributed by atoms with Gasteiger partial charge in [0.1, 0.15) is 0 Å². The third-order valence-electron chi connectivity index (χ3n) is 4.91. The summed E-state index contributed by atoms with van der Waals surface area (Å²) in [6.07, 6.45) is 7.14. The average molecular weight is 275 g/mol. The fraction of sp³-hybridized carbons (Fsp3) is 0.706. The second kappa shape index (κ2) is 7.75. The van der Waals surface area contributed by atoms with Gasteiger partial charge in [0.15, 0.2) is 0 Å². The molecular weight excluding hydrogens is 246 g/mol. The topological polar surface area (TPSA) is 42.1 Å². The third kappa shape index (κ3) is 3.80. The Balaban J connectivity index is 2.07. The van der Waals surface area contributed by atoms with Crippen molar-refractivity contribution in [2.75, 3.05) is 13.1 Å². The zero-order chi connectivity index (χ0) is 14.4. The van der Waals surface area contributed by atoms with Gasteiger partial charge in [-0.25, -0.2) is 0 Å². The van der Waals surface area contributed by atoms with E-state index in [1.54, 1.807) is 0 Å². The zero-order valence-corrected chi connectivity index (χ0v) is 13.0. The van der Waals surface area contributed by atoms with E-state index in [1.807, 2.05) is 12.3 Å². The molecule has 1 fully saturated rings. The van der Waals surface area contributed by atoms with Crippen LogP contribution in [0.1, 0.15) is 45.2 Å². The Labute approximate surface area is 123 Å². The first-order valence-electron chi connectivity index (χ1n) is 8.12. The van der Waals surface area contributed by atoms with Crippen molar-refractivity contribution in [3.63, 3.8) is 0 Å². The van der Waals surface area contributed by atoms with Crippen molar-refractivity contribution < 1.29 is 0 Å². The number of aromatic nitrogens is 1. The second-order valence-electron chi connectivity index (χ2n) is 6.03. The molecule has 1 aromatic rings. The molecule has 2 N–H and O–H groups in total. The molecule has 1 aliphatic carbocycles. The molecule has 0 saturated heterocycles. The number of hydrogen-bond acceptors (Lipinski definition) is 3. The summed E-state index contributed by atoms with van der Waals surface area (Å²) in [6.45, 7) is 7.43. The minimum absolute atomic E-state index is 0.630. The number of hydrogen-bond donors (Lipinski definition) is 1. The fourth-order valence-electron chi connectivity index (χ4n) is 3.55. The highest BCUT2D eigenvalue weighted by atomic mass is 15.2. The highest BCUT2D eigenvalue weighted by Crippen LogP contribution is 2.34. The summed E-state index contributed by atoms with van der Waals surface area (Å²) >= 11 is 0. The lowest BCUT2D eigenvalue weighted by molar-refractivity contribution is 0.0778. The van der Waals surface area contributed by atoms with Crippen LogP contribution in [0, 0.1) is 11.8 Å². The van der Waals surface area contributed by atoms with E-state index >= 15 is 0 Å². The molecule has 0 amide bonds. The second-order valence-corrected chi connectivity index (χ2v) is 6.03. The van der Waals surface area contributed by atoms with Crippen LogP contribution in [-0.2, 0) is 6.54 Å². The number of rotatable bonds is 6. The van der Waals surface area contributed by atoms with Crippen LogP contribution in [0.4, 0.5) is 0 Å². The van der Waals surface area contributed by atoms with Gasteiger partial charge in [0, 0.05) is 18.8 Å². The van der Waals surface area contributed by atoms with Gasteiger partial charge < -0.3 is 5.73 Å². The molecule has 0 bridgehead atoms. The van der Waals surface area contributed by atoms with Crippen LogP contribution in [0.25, 0.3) is 0 Å². The van der Waals surface area contributed by atoms with Gasteiger partial charge in [0.25, 0.3) is 0 Å². The minimum atomic E-state index is 0.630. The molecule has 1 heterocycles. The molecule has 112 valence electrons. The molecule has 1 aliphatic rings. The Kier molecular flexibility index (Phi) is 5.99. The summed E-state index contributed by atoms with van der Waals surface area (Å²) in [4.78, 5) is 7.06. The van der Waals surface area contributed by atoms with Gasteiger partial charge in [-0.05, 0) is 49.9 Å². The van der Waals surface area contributed by atoms with E-state index in [0.29, 0.717) is 12.0 Å². The van der Waals surface area contributed by atoms with Crippen molar-refractivity contribution in [1.82, 2.24) is 9.88 Å². The molecule has 1 saturated carbocycles. The van der Waals surface area contributed by atoms with Gasteiger partial charge in [-0.1, -0.05) is 32.8 Å². The van der Waals surface area contributed by atoms with E-state index in [4.69, 9.17) is 5.73 Å². The van der Waals surface area contributed by atoms with E-state index in [2.05, 4.69) is 35.9 Å². The van der Waals surface area contributed by atoms with Gasteiger partial charge >= 0.3 is 0 Å². The Morgan fingerprint density at radius 1 is 1.30 bits per heavy atom. The van der Waals surface area contributed by atoms with E-state index in [9.17, 15) is 0 Å².